The number of para-hydroxylation sites is 1. The number of rotatable bonds is 6. The minimum atomic E-state index is -0.152. The van der Waals surface area contributed by atoms with Crippen LogP contribution in [-0.4, -0.2) is 11.6 Å². The normalized spacial score (nSPS) is 10.7. The average molecular weight is 362 g/mol. The summed E-state index contributed by atoms with van der Waals surface area (Å²) in [6.07, 6.45) is 2.96. The second-order valence-electron chi connectivity index (χ2n) is 5.59. The first-order valence-electron chi connectivity index (χ1n) is 8.07. The Labute approximate surface area is 156 Å². The molecule has 3 rings (SSSR count). The van der Waals surface area contributed by atoms with Crippen LogP contribution in [0.3, 0.4) is 0 Å². The van der Waals surface area contributed by atoms with Gasteiger partial charge >= 0.3 is 0 Å². The van der Waals surface area contributed by atoms with Crippen molar-refractivity contribution < 1.29 is 9.59 Å². The molecule has 0 spiro atoms. The van der Waals surface area contributed by atoms with Gasteiger partial charge in [0.15, 0.2) is 11.6 Å². The largest absolute Gasteiger partial charge is 0.361 e. The zero-order chi connectivity index (χ0) is 18.4. The van der Waals surface area contributed by atoms with Gasteiger partial charge in [-0.2, -0.15) is 0 Å². The summed E-state index contributed by atoms with van der Waals surface area (Å²) in [5.74, 6) is -0.229. The maximum absolute atomic E-state index is 12.7. The molecule has 26 heavy (non-hydrogen) atoms. The van der Waals surface area contributed by atoms with E-state index in [1.807, 2.05) is 30.3 Å². The van der Waals surface area contributed by atoms with Gasteiger partial charge < -0.3 is 5.32 Å². The van der Waals surface area contributed by atoms with Gasteiger partial charge in [-0.25, -0.2) is 0 Å². The van der Waals surface area contributed by atoms with Crippen molar-refractivity contribution in [2.75, 3.05) is 5.32 Å². The maximum Gasteiger partial charge on any atom is 0.195 e. The monoisotopic (exact) mass is 361 g/mol. The van der Waals surface area contributed by atoms with Crippen LogP contribution in [0.25, 0.3) is 0 Å². The number of nitrogens with one attached hydrogen (secondary N) is 1. The van der Waals surface area contributed by atoms with Crippen LogP contribution in [0, 0.1) is 0 Å². The molecule has 3 aromatic carbocycles. The minimum Gasteiger partial charge on any atom is -0.361 e. The van der Waals surface area contributed by atoms with Crippen molar-refractivity contribution in [3.8, 4) is 0 Å². The number of ketones is 2. The van der Waals surface area contributed by atoms with Crippen molar-refractivity contribution >= 4 is 28.9 Å². The van der Waals surface area contributed by atoms with Gasteiger partial charge in [0.2, 0.25) is 0 Å². The van der Waals surface area contributed by atoms with Gasteiger partial charge in [0.1, 0.15) is 0 Å². The summed E-state index contributed by atoms with van der Waals surface area (Å²) in [6.45, 7) is 0. The third kappa shape index (κ3) is 4.26. The average Bonchev–Trinajstić information content (AvgIpc) is 2.69. The van der Waals surface area contributed by atoms with E-state index < -0.39 is 0 Å². The van der Waals surface area contributed by atoms with Crippen LogP contribution in [0.4, 0.5) is 5.69 Å². The number of halogens is 1. The third-order valence-electron chi connectivity index (χ3n) is 3.81. The van der Waals surface area contributed by atoms with Crippen LogP contribution in [0.15, 0.2) is 91.1 Å². The Bertz CT molecular complexity index is 947. The van der Waals surface area contributed by atoms with Crippen molar-refractivity contribution in [3.63, 3.8) is 0 Å². The van der Waals surface area contributed by atoms with E-state index in [0.29, 0.717) is 27.4 Å². The molecule has 0 unspecified atom stereocenters. The summed E-state index contributed by atoms with van der Waals surface area (Å²) < 4.78 is 0. The standard InChI is InChI=1S/C22H16ClNO2/c23-18-12-10-16(11-13-18)21(25)14-15-24-20-9-5-4-8-19(20)22(26)17-6-2-1-3-7-17/h1-15,24H/b15-14-. The van der Waals surface area contributed by atoms with Crippen molar-refractivity contribution in [2.45, 2.75) is 0 Å². The van der Waals surface area contributed by atoms with Gasteiger partial charge in [-0.15, -0.1) is 0 Å². The first-order chi connectivity index (χ1) is 12.6. The second-order valence-corrected chi connectivity index (χ2v) is 6.03. The van der Waals surface area contributed by atoms with Crippen LogP contribution in [-0.2, 0) is 0 Å². The predicted octanol–water partition coefficient (Wildman–Crippen LogP) is 5.38. The highest BCUT2D eigenvalue weighted by molar-refractivity contribution is 6.30. The van der Waals surface area contributed by atoms with Gasteiger partial charge in [-0.1, -0.05) is 54.1 Å². The number of anilines is 1. The highest BCUT2D eigenvalue weighted by atomic mass is 35.5. The Morgan fingerprint density at radius 3 is 2.15 bits per heavy atom. The SMILES string of the molecule is O=C(/C=C\Nc1ccccc1C(=O)c1ccccc1)c1ccc(Cl)cc1. The van der Waals surface area contributed by atoms with E-state index in [1.165, 1.54) is 12.3 Å². The maximum atomic E-state index is 12.7. The molecule has 0 radical (unpaired) electrons. The summed E-state index contributed by atoms with van der Waals surface area (Å²) in [6, 6.07) is 23.0. The first-order valence-corrected chi connectivity index (χ1v) is 8.45. The highest BCUT2D eigenvalue weighted by Crippen LogP contribution is 2.19. The van der Waals surface area contributed by atoms with Crippen LogP contribution in [0.2, 0.25) is 5.02 Å². The lowest BCUT2D eigenvalue weighted by molar-refractivity contribution is 0.103. The Morgan fingerprint density at radius 2 is 1.42 bits per heavy atom. The smallest absolute Gasteiger partial charge is 0.195 e. The molecule has 3 aromatic rings. The zero-order valence-corrected chi connectivity index (χ0v) is 14.6. The fraction of sp³-hybridized carbons (Fsp3) is 0. The molecule has 0 fully saturated rings. The van der Waals surface area contributed by atoms with Gasteiger partial charge in [0.25, 0.3) is 0 Å². The molecule has 0 saturated carbocycles. The molecule has 0 aromatic heterocycles. The highest BCUT2D eigenvalue weighted by Gasteiger charge is 2.12. The number of carbonyl (C=O) groups excluding carboxylic acids is 2. The first kappa shape index (κ1) is 17.6. The number of benzene rings is 3. The molecule has 1 N–H and O–H groups in total. The summed E-state index contributed by atoms with van der Waals surface area (Å²) in [5.41, 5.74) is 2.34. The lowest BCUT2D eigenvalue weighted by Crippen LogP contribution is -2.05. The van der Waals surface area contributed by atoms with Crippen molar-refractivity contribution in [1.82, 2.24) is 0 Å². The summed E-state index contributed by atoms with van der Waals surface area (Å²) >= 11 is 5.82. The summed E-state index contributed by atoms with van der Waals surface area (Å²) in [7, 11) is 0. The fourth-order valence-corrected chi connectivity index (χ4v) is 2.60. The van der Waals surface area contributed by atoms with Gasteiger partial charge in [-0.3, -0.25) is 9.59 Å². The van der Waals surface area contributed by atoms with Crippen LogP contribution in [0.1, 0.15) is 26.3 Å². The number of hydrogen-bond acceptors (Lipinski definition) is 3. The van der Waals surface area contributed by atoms with Crippen molar-refractivity contribution in [1.29, 1.82) is 0 Å². The fourth-order valence-electron chi connectivity index (χ4n) is 2.47. The Balaban J connectivity index is 1.75. The quantitative estimate of drug-likeness (QED) is 0.473. The van der Waals surface area contributed by atoms with E-state index in [0.717, 1.165) is 0 Å². The molecule has 0 aliphatic carbocycles. The molecule has 0 atom stereocenters. The minimum absolute atomic E-state index is 0.0777. The van der Waals surface area contributed by atoms with E-state index in [4.69, 9.17) is 11.6 Å². The molecule has 0 heterocycles. The van der Waals surface area contributed by atoms with E-state index in [1.54, 1.807) is 48.5 Å². The molecular formula is C22H16ClNO2. The Hall–Kier alpha value is -3.17. The molecule has 4 heteroatoms. The number of allylic oxidation sites excluding steroid dienone is 1. The lowest BCUT2D eigenvalue weighted by atomic mass is 10.0. The number of carbonyl (C=O) groups is 2. The zero-order valence-electron chi connectivity index (χ0n) is 13.9. The van der Waals surface area contributed by atoms with Crippen LogP contribution >= 0.6 is 11.6 Å². The van der Waals surface area contributed by atoms with E-state index >= 15 is 0 Å². The van der Waals surface area contributed by atoms with E-state index in [2.05, 4.69) is 5.32 Å². The molecule has 0 amide bonds. The molecule has 0 bridgehead atoms. The molecule has 0 saturated heterocycles. The van der Waals surface area contributed by atoms with Gasteiger partial charge in [0, 0.05) is 39.7 Å². The van der Waals surface area contributed by atoms with Crippen LogP contribution in [0.5, 0.6) is 0 Å². The van der Waals surface area contributed by atoms with Gasteiger partial charge in [0.05, 0.1) is 0 Å². The number of hydrogen-bond donors (Lipinski definition) is 1. The molecule has 0 aliphatic heterocycles. The Morgan fingerprint density at radius 1 is 0.769 bits per heavy atom. The van der Waals surface area contributed by atoms with E-state index in [9.17, 15) is 9.59 Å². The molecule has 0 aliphatic rings. The molecular weight excluding hydrogens is 346 g/mol. The second kappa shape index (κ2) is 8.28. The van der Waals surface area contributed by atoms with Crippen molar-refractivity contribution in [2.24, 2.45) is 0 Å². The summed E-state index contributed by atoms with van der Waals surface area (Å²) in [5, 5.41) is 3.61. The molecule has 3 nitrogen and oxygen atoms in total. The summed E-state index contributed by atoms with van der Waals surface area (Å²) in [4.78, 5) is 24.8. The van der Waals surface area contributed by atoms with E-state index in [-0.39, 0.29) is 11.6 Å². The topological polar surface area (TPSA) is 46.2 Å². The Kier molecular flexibility index (Phi) is 5.62. The van der Waals surface area contributed by atoms with Crippen LogP contribution < -0.4 is 5.32 Å². The third-order valence-corrected chi connectivity index (χ3v) is 4.06. The molecule has 128 valence electrons. The van der Waals surface area contributed by atoms with Gasteiger partial charge in [-0.05, 0) is 36.4 Å². The van der Waals surface area contributed by atoms with Crippen molar-refractivity contribution in [3.05, 3.63) is 113 Å². The predicted molar refractivity (Wildman–Crippen MR) is 105 cm³/mol. The lowest BCUT2D eigenvalue weighted by Gasteiger charge is -2.08.